The number of nitrogens with one attached hydrogen (secondary N) is 1. The summed E-state index contributed by atoms with van der Waals surface area (Å²) < 4.78 is 1.82. The lowest BCUT2D eigenvalue weighted by Crippen LogP contribution is -2.27. The first-order valence-electron chi connectivity index (χ1n) is 7.67. The SMILES string of the molecule is Cn1cc([C@H]2CCCN2CCC(=O)Nc2sccc2C#N)cn1. The van der Waals surface area contributed by atoms with E-state index in [0.29, 0.717) is 23.0 Å². The minimum atomic E-state index is -0.0409. The van der Waals surface area contributed by atoms with Crippen LogP contribution in [0.3, 0.4) is 0 Å². The van der Waals surface area contributed by atoms with Gasteiger partial charge in [0.2, 0.25) is 5.91 Å². The van der Waals surface area contributed by atoms with E-state index < -0.39 is 0 Å². The highest BCUT2D eigenvalue weighted by Gasteiger charge is 2.27. The number of hydrogen-bond donors (Lipinski definition) is 1. The summed E-state index contributed by atoms with van der Waals surface area (Å²) in [5.41, 5.74) is 1.74. The maximum Gasteiger partial charge on any atom is 0.226 e. The smallest absolute Gasteiger partial charge is 0.226 e. The molecule has 120 valence electrons. The number of anilines is 1. The van der Waals surface area contributed by atoms with Crippen molar-refractivity contribution in [1.29, 1.82) is 5.26 Å². The van der Waals surface area contributed by atoms with E-state index in [-0.39, 0.29) is 5.91 Å². The van der Waals surface area contributed by atoms with Crippen LogP contribution in [0.4, 0.5) is 5.00 Å². The van der Waals surface area contributed by atoms with Gasteiger partial charge >= 0.3 is 0 Å². The summed E-state index contributed by atoms with van der Waals surface area (Å²) in [6.45, 7) is 1.73. The minimum absolute atomic E-state index is 0.0409. The molecule has 1 fully saturated rings. The van der Waals surface area contributed by atoms with Gasteiger partial charge in [0, 0.05) is 37.8 Å². The Kier molecular flexibility index (Phi) is 4.74. The average molecular weight is 329 g/mol. The van der Waals surface area contributed by atoms with Crippen LogP contribution >= 0.6 is 11.3 Å². The molecule has 1 amide bonds. The summed E-state index contributed by atoms with van der Waals surface area (Å²) in [7, 11) is 1.92. The molecular formula is C16H19N5OS. The number of aromatic nitrogens is 2. The molecule has 7 heteroatoms. The number of hydrogen-bond acceptors (Lipinski definition) is 5. The Bertz CT molecular complexity index is 729. The summed E-state index contributed by atoms with van der Waals surface area (Å²) in [4.78, 5) is 14.5. The van der Waals surface area contributed by atoms with E-state index in [1.54, 1.807) is 6.07 Å². The quantitative estimate of drug-likeness (QED) is 0.915. The average Bonchev–Trinajstić information content (AvgIpc) is 3.25. The third kappa shape index (κ3) is 3.60. The van der Waals surface area contributed by atoms with Crippen LogP contribution in [0.15, 0.2) is 23.8 Å². The molecule has 2 aromatic heterocycles. The molecule has 23 heavy (non-hydrogen) atoms. The van der Waals surface area contributed by atoms with Crippen LogP contribution in [0.2, 0.25) is 0 Å². The molecule has 1 aliphatic heterocycles. The standard InChI is InChI=1S/C16H19N5OS/c1-20-11-13(10-18-20)14-3-2-6-21(14)7-4-15(22)19-16-12(9-17)5-8-23-16/h5,8,10-11,14H,2-4,6-7H2,1H3,(H,19,22)/t14-/m1/s1. The number of nitriles is 1. The predicted octanol–water partition coefficient (Wildman–Crippen LogP) is 2.52. The highest BCUT2D eigenvalue weighted by molar-refractivity contribution is 7.14. The fourth-order valence-electron chi connectivity index (χ4n) is 3.01. The molecule has 3 rings (SSSR count). The zero-order chi connectivity index (χ0) is 16.2. The van der Waals surface area contributed by atoms with Crippen LogP contribution in [0.5, 0.6) is 0 Å². The summed E-state index contributed by atoms with van der Waals surface area (Å²) in [5.74, 6) is -0.0409. The van der Waals surface area contributed by atoms with Gasteiger partial charge in [-0.05, 0) is 30.8 Å². The molecule has 0 spiro atoms. The van der Waals surface area contributed by atoms with E-state index >= 15 is 0 Å². The summed E-state index contributed by atoms with van der Waals surface area (Å²) in [5, 5.41) is 18.5. The topological polar surface area (TPSA) is 74.0 Å². The maximum atomic E-state index is 12.1. The zero-order valence-corrected chi connectivity index (χ0v) is 13.8. The van der Waals surface area contributed by atoms with Gasteiger partial charge in [-0.25, -0.2) is 0 Å². The Hall–Kier alpha value is -2.17. The number of aryl methyl sites for hydroxylation is 1. The van der Waals surface area contributed by atoms with E-state index in [4.69, 9.17) is 5.26 Å². The van der Waals surface area contributed by atoms with Gasteiger partial charge in [0.25, 0.3) is 0 Å². The first-order valence-corrected chi connectivity index (χ1v) is 8.55. The number of nitrogens with zero attached hydrogens (tertiary/aromatic N) is 4. The van der Waals surface area contributed by atoms with Gasteiger partial charge in [-0.15, -0.1) is 11.3 Å². The molecular weight excluding hydrogens is 310 g/mol. The molecule has 0 aromatic carbocycles. The maximum absolute atomic E-state index is 12.1. The Balaban J connectivity index is 1.55. The Morgan fingerprint density at radius 3 is 3.22 bits per heavy atom. The van der Waals surface area contributed by atoms with Crippen molar-refractivity contribution in [2.45, 2.75) is 25.3 Å². The van der Waals surface area contributed by atoms with Gasteiger partial charge in [-0.1, -0.05) is 0 Å². The number of carbonyl (C=O) groups is 1. The fourth-order valence-corrected chi connectivity index (χ4v) is 3.77. The Morgan fingerprint density at radius 1 is 1.61 bits per heavy atom. The van der Waals surface area contributed by atoms with Crippen LogP contribution in [0.25, 0.3) is 0 Å². The van der Waals surface area contributed by atoms with Crippen molar-refractivity contribution in [3.63, 3.8) is 0 Å². The molecule has 2 aromatic rings. The summed E-state index contributed by atoms with van der Waals surface area (Å²) in [6, 6.07) is 4.16. The molecule has 1 N–H and O–H groups in total. The van der Waals surface area contributed by atoms with Crippen LogP contribution in [0.1, 0.15) is 36.4 Å². The van der Waals surface area contributed by atoms with E-state index in [2.05, 4.69) is 21.4 Å². The summed E-state index contributed by atoms with van der Waals surface area (Å²) in [6.07, 6.45) is 6.64. The van der Waals surface area contributed by atoms with Crippen molar-refractivity contribution in [3.8, 4) is 6.07 Å². The molecule has 1 saturated heterocycles. The van der Waals surface area contributed by atoms with Gasteiger partial charge in [0.05, 0.1) is 11.8 Å². The van der Waals surface area contributed by atoms with Crippen molar-refractivity contribution >= 4 is 22.2 Å². The van der Waals surface area contributed by atoms with Crippen molar-refractivity contribution in [3.05, 3.63) is 35.0 Å². The van der Waals surface area contributed by atoms with Gasteiger partial charge < -0.3 is 5.32 Å². The van der Waals surface area contributed by atoms with Crippen LogP contribution < -0.4 is 5.32 Å². The normalized spacial score (nSPS) is 18.0. The molecule has 0 saturated carbocycles. The third-order valence-corrected chi connectivity index (χ3v) is 4.97. The molecule has 1 aliphatic rings. The lowest BCUT2D eigenvalue weighted by molar-refractivity contribution is -0.116. The Morgan fingerprint density at radius 2 is 2.48 bits per heavy atom. The van der Waals surface area contributed by atoms with E-state index in [1.165, 1.54) is 16.9 Å². The highest BCUT2D eigenvalue weighted by atomic mass is 32.1. The van der Waals surface area contributed by atoms with Crippen molar-refractivity contribution < 1.29 is 4.79 Å². The van der Waals surface area contributed by atoms with Gasteiger partial charge in [-0.2, -0.15) is 10.4 Å². The van der Waals surface area contributed by atoms with Crippen LogP contribution in [-0.4, -0.2) is 33.7 Å². The lowest BCUT2D eigenvalue weighted by atomic mass is 10.1. The second-order valence-electron chi connectivity index (χ2n) is 5.71. The molecule has 3 heterocycles. The first-order chi connectivity index (χ1) is 11.2. The number of likely N-dealkylation sites (tertiary alicyclic amines) is 1. The third-order valence-electron chi connectivity index (χ3n) is 4.14. The molecule has 1 atom stereocenters. The molecule has 0 radical (unpaired) electrons. The van der Waals surface area contributed by atoms with Crippen molar-refractivity contribution in [1.82, 2.24) is 14.7 Å². The largest absolute Gasteiger partial charge is 0.317 e. The number of thiophene rings is 1. The first kappa shape index (κ1) is 15.7. The van der Waals surface area contributed by atoms with Crippen molar-refractivity contribution in [2.24, 2.45) is 7.05 Å². The molecule has 0 bridgehead atoms. The zero-order valence-electron chi connectivity index (χ0n) is 13.0. The molecule has 6 nitrogen and oxygen atoms in total. The van der Waals surface area contributed by atoms with E-state index in [9.17, 15) is 4.79 Å². The molecule has 0 aliphatic carbocycles. The monoisotopic (exact) mass is 329 g/mol. The van der Waals surface area contributed by atoms with Gasteiger partial charge in [0.1, 0.15) is 11.1 Å². The van der Waals surface area contributed by atoms with Crippen molar-refractivity contribution in [2.75, 3.05) is 18.4 Å². The summed E-state index contributed by atoms with van der Waals surface area (Å²) >= 11 is 1.38. The number of rotatable bonds is 5. The Labute approximate surface area is 139 Å². The van der Waals surface area contributed by atoms with Crippen LogP contribution in [-0.2, 0) is 11.8 Å². The van der Waals surface area contributed by atoms with Gasteiger partial charge in [0.15, 0.2) is 0 Å². The minimum Gasteiger partial charge on any atom is -0.317 e. The van der Waals surface area contributed by atoms with E-state index in [1.807, 2.05) is 29.5 Å². The lowest BCUT2D eigenvalue weighted by Gasteiger charge is -2.23. The number of carbonyl (C=O) groups excluding carboxylic acids is 1. The molecule has 0 unspecified atom stereocenters. The fraction of sp³-hybridized carbons (Fsp3) is 0.438. The second kappa shape index (κ2) is 6.94. The highest BCUT2D eigenvalue weighted by Crippen LogP contribution is 2.31. The predicted molar refractivity (Wildman–Crippen MR) is 89.0 cm³/mol. The van der Waals surface area contributed by atoms with E-state index in [0.717, 1.165) is 25.9 Å². The number of amides is 1. The van der Waals surface area contributed by atoms with Gasteiger partial charge in [-0.3, -0.25) is 14.4 Å². The van der Waals surface area contributed by atoms with Crippen LogP contribution in [0, 0.1) is 11.3 Å². The second-order valence-corrected chi connectivity index (χ2v) is 6.63.